The van der Waals surface area contributed by atoms with Crippen molar-refractivity contribution < 1.29 is 18.0 Å². The number of carbonyl (C=O) groups is 1. The Morgan fingerprint density at radius 2 is 1.86 bits per heavy atom. The Morgan fingerprint density at radius 3 is 2.39 bits per heavy atom. The molecule has 3 rings (SSSR count). The third-order valence-electron chi connectivity index (χ3n) is 6.42. The molecule has 1 heterocycles. The van der Waals surface area contributed by atoms with Gasteiger partial charge < -0.3 is 10.6 Å². The smallest absolute Gasteiger partial charge is 0.371 e. The van der Waals surface area contributed by atoms with Crippen molar-refractivity contribution >= 4 is 11.6 Å². The standard InChI is InChI=1S/C21H30F3N3O/c1-13(2)10-19(20(25)28)26(3)18-9-4-14-11-27(12-17(14)18)16-7-5-15(6-8-16)21(22,23)24/h5-8,13-14,17-19H,4,9-12H2,1-3H3,(H2,25,28)/t14-,17+,18+,19-/m1/s1. The van der Waals surface area contributed by atoms with Gasteiger partial charge in [0.1, 0.15) is 0 Å². The van der Waals surface area contributed by atoms with Crippen LogP contribution in [0.4, 0.5) is 18.9 Å². The average Bonchev–Trinajstić information content (AvgIpc) is 3.18. The van der Waals surface area contributed by atoms with Gasteiger partial charge in [0.15, 0.2) is 0 Å². The van der Waals surface area contributed by atoms with Crippen molar-refractivity contribution in [3.05, 3.63) is 29.8 Å². The van der Waals surface area contributed by atoms with Crippen LogP contribution in [0.25, 0.3) is 0 Å². The van der Waals surface area contributed by atoms with Crippen LogP contribution in [0.2, 0.25) is 0 Å². The minimum Gasteiger partial charge on any atom is -0.371 e. The van der Waals surface area contributed by atoms with Gasteiger partial charge in [0.2, 0.25) is 5.91 Å². The number of primary amides is 1. The third-order valence-corrected chi connectivity index (χ3v) is 6.42. The molecule has 1 saturated heterocycles. The van der Waals surface area contributed by atoms with Gasteiger partial charge in [0, 0.05) is 24.8 Å². The van der Waals surface area contributed by atoms with Crippen molar-refractivity contribution in [2.75, 3.05) is 25.0 Å². The number of carbonyl (C=O) groups excluding carboxylic acids is 1. The molecule has 4 atom stereocenters. The van der Waals surface area contributed by atoms with Gasteiger partial charge in [-0.2, -0.15) is 13.2 Å². The first-order chi connectivity index (χ1) is 13.1. The number of halogens is 3. The Hall–Kier alpha value is -1.76. The molecule has 1 aromatic rings. The van der Waals surface area contributed by atoms with Crippen LogP contribution in [0.5, 0.6) is 0 Å². The van der Waals surface area contributed by atoms with Crippen molar-refractivity contribution in [3.8, 4) is 0 Å². The number of hydrogen-bond acceptors (Lipinski definition) is 3. The summed E-state index contributed by atoms with van der Waals surface area (Å²) < 4.78 is 38.4. The lowest BCUT2D eigenvalue weighted by Crippen LogP contribution is -2.50. The molecule has 2 N–H and O–H groups in total. The molecule has 0 bridgehead atoms. The summed E-state index contributed by atoms with van der Waals surface area (Å²) >= 11 is 0. The van der Waals surface area contributed by atoms with Crippen LogP contribution >= 0.6 is 0 Å². The topological polar surface area (TPSA) is 49.6 Å². The molecule has 0 spiro atoms. The quantitative estimate of drug-likeness (QED) is 0.795. The van der Waals surface area contributed by atoms with E-state index in [1.807, 2.05) is 7.05 Å². The van der Waals surface area contributed by atoms with Gasteiger partial charge in [-0.3, -0.25) is 9.69 Å². The first kappa shape index (κ1) is 21.0. The van der Waals surface area contributed by atoms with Gasteiger partial charge in [-0.05, 0) is 68.3 Å². The fourth-order valence-corrected chi connectivity index (χ4v) is 4.98. The normalized spacial score (nSPS) is 26.1. The molecule has 1 aromatic carbocycles. The molecule has 0 aromatic heterocycles. The van der Waals surface area contributed by atoms with Gasteiger partial charge in [0.05, 0.1) is 11.6 Å². The van der Waals surface area contributed by atoms with Crippen LogP contribution in [0.15, 0.2) is 24.3 Å². The van der Waals surface area contributed by atoms with E-state index in [1.54, 1.807) is 12.1 Å². The second kappa shape index (κ2) is 7.93. The zero-order valence-electron chi connectivity index (χ0n) is 16.7. The molecule has 1 aliphatic heterocycles. The summed E-state index contributed by atoms with van der Waals surface area (Å²) in [7, 11) is 1.99. The lowest BCUT2D eigenvalue weighted by atomic mass is 9.94. The van der Waals surface area contributed by atoms with E-state index in [0.29, 0.717) is 17.8 Å². The molecule has 1 aliphatic carbocycles. The van der Waals surface area contributed by atoms with Crippen LogP contribution in [-0.4, -0.2) is 43.0 Å². The molecule has 0 radical (unpaired) electrons. The first-order valence-corrected chi connectivity index (χ1v) is 10.0. The zero-order chi connectivity index (χ0) is 20.6. The zero-order valence-corrected chi connectivity index (χ0v) is 16.7. The van der Waals surface area contributed by atoms with Gasteiger partial charge >= 0.3 is 6.18 Å². The molecule has 0 unspecified atom stereocenters. The lowest BCUT2D eigenvalue weighted by molar-refractivity contribution is -0.137. The highest BCUT2D eigenvalue weighted by molar-refractivity contribution is 5.79. The second-order valence-corrected chi connectivity index (χ2v) is 8.73. The van der Waals surface area contributed by atoms with Gasteiger partial charge in [-0.1, -0.05) is 13.8 Å². The number of hydrogen-bond donors (Lipinski definition) is 1. The summed E-state index contributed by atoms with van der Waals surface area (Å²) in [5.74, 6) is 1.00. The highest BCUT2D eigenvalue weighted by Crippen LogP contribution is 2.43. The molecular weight excluding hydrogens is 367 g/mol. The molecule has 28 heavy (non-hydrogen) atoms. The average molecular weight is 397 g/mol. The van der Waals surface area contributed by atoms with E-state index in [4.69, 9.17) is 5.73 Å². The van der Waals surface area contributed by atoms with Crippen molar-refractivity contribution in [2.45, 2.75) is 51.4 Å². The molecule has 2 aliphatic rings. The molecule has 1 amide bonds. The van der Waals surface area contributed by atoms with Crippen LogP contribution in [0.1, 0.15) is 38.7 Å². The fraction of sp³-hybridized carbons (Fsp3) is 0.667. The summed E-state index contributed by atoms with van der Waals surface area (Å²) in [6.45, 7) is 5.83. The molecule has 156 valence electrons. The maximum absolute atomic E-state index is 12.8. The Bertz CT molecular complexity index is 689. The molecule has 2 fully saturated rings. The molecule has 1 saturated carbocycles. The van der Waals surface area contributed by atoms with Crippen molar-refractivity contribution in [3.63, 3.8) is 0 Å². The van der Waals surface area contributed by atoms with Gasteiger partial charge in [0.25, 0.3) is 0 Å². The Kier molecular flexibility index (Phi) is 5.94. The van der Waals surface area contributed by atoms with E-state index in [2.05, 4.69) is 23.6 Å². The number of amides is 1. The predicted molar refractivity (Wildman–Crippen MR) is 104 cm³/mol. The van der Waals surface area contributed by atoms with Gasteiger partial charge in [-0.25, -0.2) is 0 Å². The van der Waals surface area contributed by atoms with E-state index >= 15 is 0 Å². The highest BCUT2D eigenvalue weighted by Gasteiger charge is 2.46. The minimum atomic E-state index is -4.31. The number of alkyl halides is 3. The largest absolute Gasteiger partial charge is 0.416 e. The van der Waals surface area contributed by atoms with Crippen molar-refractivity contribution in [2.24, 2.45) is 23.5 Å². The maximum atomic E-state index is 12.8. The fourth-order valence-electron chi connectivity index (χ4n) is 4.98. The third kappa shape index (κ3) is 4.29. The molecule has 4 nitrogen and oxygen atoms in total. The van der Waals surface area contributed by atoms with Crippen LogP contribution < -0.4 is 10.6 Å². The Balaban J connectivity index is 1.70. The predicted octanol–water partition coefficient (Wildman–Crippen LogP) is 3.75. The number of fused-ring (bicyclic) bond motifs is 1. The first-order valence-electron chi connectivity index (χ1n) is 10.0. The molecule has 7 heteroatoms. The van der Waals surface area contributed by atoms with Crippen LogP contribution in [0, 0.1) is 17.8 Å². The Morgan fingerprint density at radius 1 is 1.21 bits per heavy atom. The second-order valence-electron chi connectivity index (χ2n) is 8.73. The Labute approximate surface area is 164 Å². The molecular formula is C21H30F3N3O. The summed E-state index contributed by atoms with van der Waals surface area (Å²) in [5, 5.41) is 0. The summed E-state index contributed by atoms with van der Waals surface area (Å²) in [6, 6.07) is 5.43. The van der Waals surface area contributed by atoms with E-state index in [1.165, 1.54) is 0 Å². The van der Waals surface area contributed by atoms with E-state index in [-0.39, 0.29) is 18.0 Å². The monoisotopic (exact) mass is 397 g/mol. The number of likely N-dealkylation sites (N-methyl/N-ethyl adjacent to an activating group) is 1. The lowest BCUT2D eigenvalue weighted by Gasteiger charge is -2.35. The number of rotatable bonds is 6. The number of nitrogens with zero attached hydrogens (tertiary/aromatic N) is 2. The van der Waals surface area contributed by atoms with E-state index in [9.17, 15) is 18.0 Å². The minimum absolute atomic E-state index is 0.274. The summed E-state index contributed by atoms with van der Waals surface area (Å²) in [4.78, 5) is 16.3. The van der Waals surface area contributed by atoms with Gasteiger partial charge in [-0.15, -0.1) is 0 Å². The summed E-state index contributed by atoms with van der Waals surface area (Å²) in [5.41, 5.74) is 5.89. The number of benzene rings is 1. The number of anilines is 1. The maximum Gasteiger partial charge on any atom is 0.416 e. The highest BCUT2D eigenvalue weighted by atomic mass is 19.4. The van der Waals surface area contributed by atoms with E-state index < -0.39 is 11.7 Å². The van der Waals surface area contributed by atoms with Crippen molar-refractivity contribution in [1.29, 1.82) is 0 Å². The van der Waals surface area contributed by atoms with Crippen molar-refractivity contribution in [1.82, 2.24) is 4.90 Å². The van der Waals surface area contributed by atoms with Crippen LogP contribution in [-0.2, 0) is 11.0 Å². The van der Waals surface area contributed by atoms with E-state index in [0.717, 1.165) is 50.2 Å². The SMILES string of the molecule is CC(C)C[C@H](C(N)=O)N(C)[C@H]1CC[C@@H]2CN(c3ccc(C(F)(F)F)cc3)C[C@@H]21. The number of nitrogens with two attached hydrogens (primary N) is 1. The summed E-state index contributed by atoms with van der Waals surface area (Å²) in [6.07, 6.45) is -1.46. The van der Waals surface area contributed by atoms with Crippen LogP contribution in [0.3, 0.4) is 0 Å².